The van der Waals surface area contributed by atoms with E-state index >= 15 is 0 Å². The summed E-state index contributed by atoms with van der Waals surface area (Å²) in [5.74, 6) is -0.278. The first-order chi connectivity index (χ1) is 14.2. The van der Waals surface area contributed by atoms with E-state index in [4.69, 9.17) is 5.10 Å². The summed E-state index contributed by atoms with van der Waals surface area (Å²) in [5.41, 5.74) is 4.02. The monoisotopic (exact) mass is 405 g/mol. The standard InChI is InChI=1S/C22H20FN5S/c1-3-25-22-28(21(14-29-22)19-6-4-5-7-20(19)23)26-16(2)17-8-10-18(11-9-17)27-13-12-24-15-27/h4-15H,3H2,1-2H3. The van der Waals surface area contributed by atoms with Crippen LogP contribution in [0.5, 0.6) is 0 Å². The largest absolute Gasteiger partial charge is 0.306 e. The minimum absolute atomic E-state index is 0.278. The molecule has 4 aromatic rings. The number of nitrogens with zero attached hydrogens (tertiary/aromatic N) is 5. The molecule has 0 spiro atoms. The lowest BCUT2D eigenvalue weighted by Gasteiger charge is -2.08. The van der Waals surface area contributed by atoms with Gasteiger partial charge in [-0.2, -0.15) is 5.10 Å². The predicted molar refractivity (Wildman–Crippen MR) is 115 cm³/mol. The zero-order chi connectivity index (χ0) is 20.2. The Morgan fingerprint density at radius 3 is 2.62 bits per heavy atom. The first kappa shape index (κ1) is 19.0. The Kier molecular flexibility index (Phi) is 5.48. The van der Waals surface area contributed by atoms with Gasteiger partial charge < -0.3 is 4.57 Å². The fourth-order valence-corrected chi connectivity index (χ4v) is 3.87. The number of benzene rings is 2. The molecule has 2 aromatic carbocycles. The zero-order valence-electron chi connectivity index (χ0n) is 16.2. The van der Waals surface area contributed by atoms with E-state index < -0.39 is 0 Å². The SMILES string of the molecule is CCN=c1scc(-c2ccccc2F)n1N=C(C)c1ccc(-n2ccnc2)cc1. The molecule has 0 unspecified atom stereocenters. The molecule has 7 heteroatoms. The zero-order valence-corrected chi connectivity index (χ0v) is 17.0. The van der Waals surface area contributed by atoms with Crippen LogP contribution in [0.3, 0.4) is 0 Å². The third-order valence-electron chi connectivity index (χ3n) is 4.47. The molecule has 4 rings (SSSR count). The van der Waals surface area contributed by atoms with Gasteiger partial charge in [0.2, 0.25) is 4.80 Å². The van der Waals surface area contributed by atoms with Gasteiger partial charge >= 0.3 is 0 Å². The van der Waals surface area contributed by atoms with Gasteiger partial charge in [0.05, 0.1) is 17.7 Å². The maximum Gasteiger partial charge on any atom is 0.206 e. The molecule has 2 aromatic heterocycles. The molecule has 29 heavy (non-hydrogen) atoms. The lowest BCUT2D eigenvalue weighted by Crippen LogP contribution is -2.14. The van der Waals surface area contributed by atoms with E-state index in [0.717, 1.165) is 21.8 Å². The van der Waals surface area contributed by atoms with Gasteiger partial charge in [0.15, 0.2) is 0 Å². The van der Waals surface area contributed by atoms with Gasteiger partial charge in [0.25, 0.3) is 0 Å². The first-order valence-corrected chi connectivity index (χ1v) is 10.2. The van der Waals surface area contributed by atoms with Crippen molar-refractivity contribution in [2.24, 2.45) is 10.1 Å². The van der Waals surface area contributed by atoms with E-state index in [9.17, 15) is 4.39 Å². The van der Waals surface area contributed by atoms with Gasteiger partial charge in [-0.3, -0.25) is 4.99 Å². The summed E-state index contributed by atoms with van der Waals surface area (Å²) < 4.78 is 18.1. The van der Waals surface area contributed by atoms with Crippen LogP contribution in [0.25, 0.3) is 16.9 Å². The number of hydrogen-bond donors (Lipinski definition) is 0. The number of halogens is 1. The van der Waals surface area contributed by atoms with Crippen molar-refractivity contribution in [2.75, 3.05) is 6.54 Å². The van der Waals surface area contributed by atoms with Crippen molar-refractivity contribution in [3.05, 3.63) is 88.8 Å². The molecule has 0 aliphatic rings. The molecule has 0 atom stereocenters. The summed E-state index contributed by atoms with van der Waals surface area (Å²) in [6, 6.07) is 14.8. The molecule has 2 heterocycles. The Labute approximate surface area is 172 Å². The summed E-state index contributed by atoms with van der Waals surface area (Å²) in [5, 5.41) is 6.68. The minimum atomic E-state index is -0.278. The first-order valence-electron chi connectivity index (χ1n) is 9.27. The molecule has 0 aliphatic carbocycles. The van der Waals surface area contributed by atoms with Crippen LogP contribution in [0.15, 0.2) is 82.7 Å². The van der Waals surface area contributed by atoms with Crippen LogP contribution in [0, 0.1) is 5.82 Å². The van der Waals surface area contributed by atoms with E-state index in [2.05, 4.69) is 9.98 Å². The minimum Gasteiger partial charge on any atom is -0.306 e. The van der Waals surface area contributed by atoms with E-state index in [1.54, 1.807) is 29.3 Å². The van der Waals surface area contributed by atoms with Crippen LogP contribution in [0.1, 0.15) is 19.4 Å². The van der Waals surface area contributed by atoms with Crippen molar-refractivity contribution in [3.8, 4) is 16.9 Å². The highest BCUT2D eigenvalue weighted by atomic mass is 32.1. The molecular formula is C22H20FN5S. The second-order valence-electron chi connectivity index (χ2n) is 6.37. The quantitative estimate of drug-likeness (QED) is 0.443. The molecule has 0 bridgehead atoms. The fraction of sp³-hybridized carbons (Fsp3) is 0.136. The topological polar surface area (TPSA) is 47.5 Å². The van der Waals surface area contributed by atoms with Crippen LogP contribution in [0.4, 0.5) is 4.39 Å². The lowest BCUT2D eigenvalue weighted by atomic mass is 10.1. The number of rotatable bonds is 5. The highest BCUT2D eigenvalue weighted by molar-refractivity contribution is 7.07. The van der Waals surface area contributed by atoms with Crippen molar-refractivity contribution in [3.63, 3.8) is 0 Å². The lowest BCUT2D eigenvalue weighted by molar-refractivity contribution is 0.629. The van der Waals surface area contributed by atoms with Gasteiger partial charge in [-0.1, -0.05) is 24.3 Å². The third kappa shape index (κ3) is 3.95. The second kappa shape index (κ2) is 8.36. The van der Waals surface area contributed by atoms with Crippen LogP contribution >= 0.6 is 11.3 Å². The van der Waals surface area contributed by atoms with Crippen molar-refractivity contribution in [2.45, 2.75) is 13.8 Å². The molecule has 0 fully saturated rings. The fourth-order valence-electron chi connectivity index (χ4n) is 2.99. The van der Waals surface area contributed by atoms with E-state index in [0.29, 0.717) is 17.8 Å². The van der Waals surface area contributed by atoms with Gasteiger partial charge in [-0.25, -0.2) is 14.1 Å². The molecule has 0 radical (unpaired) electrons. The van der Waals surface area contributed by atoms with Crippen molar-refractivity contribution >= 4 is 17.0 Å². The Bertz CT molecular complexity index is 1200. The summed E-state index contributed by atoms with van der Waals surface area (Å²) >= 11 is 1.45. The summed E-state index contributed by atoms with van der Waals surface area (Å²) in [6.45, 7) is 4.54. The smallest absolute Gasteiger partial charge is 0.206 e. The van der Waals surface area contributed by atoms with Crippen molar-refractivity contribution in [1.29, 1.82) is 0 Å². The van der Waals surface area contributed by atoms with E-state index in [1.807, 2.05) is 60.3 Å². The van der Waals surface area contributed by atoms with E-state index in [-0.39, 0.29) is 5.82 Å². The molecule has 0 amide bonds. The Balaban J connectivity index is 1.76. The molecule has 0 aliphatic heterocycles. The number of thiazole rings is 1. The molecule has 5 nitrogen and oxygen atoms in total. The van der Waals surface area contributed by atoms with Crippen LogP contribution < -0.4 is 4.80 Å². The van der Waals surface area contributed by atoms with E-state index in [1.165, 1.54) is 17.4 Å². The van der Waals surface area contributed by atoms with Crippen molar-refractivity contribution in [1.82, 2.24) is 14.2 Å². The predicted octanol–water partition coefficient (Wildman–Crippen LogP) is 4.73. The molecular weight excluding hydrogens is 385 g/mol. The van der Waals surface area contributed by atoms with Crippen LogP contribution in [-0.4, -0.2) is 26.5 Å². The Morgan fingerprint density at radius 1 is 1.14 bits per heavy atom. The normalized spacial score (nSPS) is 12.5. The molecule has 0 saturated heterocycles. The van der Waals surface area contributed by atoms with Crippen LogP contribution in [-0.2, 0) is 0 Å². The Hall–Kier alpha value is -3.32. The van der Waals surface area contributed by atoms with Gasteiger partial charge in [0, 0.05) is 35.6 Å². The number of aromatic nitrogens is 3. The van der Waals surface area contributed by atoms with Gasteiger partial charge in [-0.15, -0.1) is 11.3 Å². The summed E-state index contributed by atoms with van der Waals surface area (Å²) in [6.07, 6.45) is 5.41. The van der Waals surface area contributed by atoms with Crippen molar-refractivity contribution < 1.29 is 4.39 Å². The Morgan fingerprint density at radius 2 is 1.93 bits per heavy atom. The third-order valence-corrected chi connectivity index (χ3v) is 5.32. The van der Waals surface area contributed by atoms with Gasteiger partial charge in [-0.05, 0) is 43.7 Å². The second-order valence-corrected chi connectivity index (χ2v) is 7.21. The number of hydrogen-bond acceptors (Lipinski definition) is 4. The number of imidazole rings is 1. The average Bonchev–Trinajstić information content (AvgIpc) is 3.40. The molecule has 0 N–H and O–H groups in total. The maximum atomic E-state index is 14.4. The summed E-state index contributed by atoms with van der Waals surface area (Å²) in [4.78, 5) is 9.33. The highest BCUT2D eigenvalue weighted by Gasteiger charge is 2.12. The molecule has 0 saturated carbocycles. The van der Waals surface area contributed by atoms with Gasteiger partial charge in [0.1, 0.15) is 5.82 Å². The molecule has 146 valence electrons. The maximum absolute atomic E-state index is 14.4. The average molecular weight is 406 g/mol. The summed E-state index contributed by atoms with van der Waals surface area (Å²) in [7, 11) is 0. The van der Waals surface area contributed by atoms with Crippen LogP contribution in [0.2, 0.25) is 0 Å². The highest BCUT2D eigenvalue weighted by Crippen LogP contribution is 2.23.